The monoisotopic (exact) mass is 344 g/mol. The van der Waals surface area contributed by atoms with Crippen molar-refractivity contribution in [3.8, 4) is 11.4 Å². The van der Waals surface area contributed by atoms with Crippen LogP contribution in [0.1, 0.15) is 38.7 Å². The van der Waals surface area contributed by atoms with Crippen molar-refractivity contribution >= 4 is 17.7 Å². The molecular weight excluding hydrogens is 320 g/mol. The van der Waals surface area contributed by atoms with Crippen LogP contribution in [0.5, 0.6) is 0 Å². The molecule has 5 nitrogen and oxygen atoms in total. The molecule has 0 unspecified atom stereocenters. The van der Waals surface area contributed by atoms with Crippen LogP contribution in [0.15, 0.2) is 29.4 Å². The highest BCUT2D eigenvalue weighted by molar-refractivity contribution is 8.00. The molecule has 0 aliphatic heterocycles. The second-order valence-electron chi connectivity index (χ2n) is 6.37. The van der Waals surface area contributed by atoms with E-state index >= 15 is 0 Å². The van der Waals surface area contributed by atoms with Crippen LogP contribution < -0.4 is 5.32 Å². The minimum atomic E-state index is -0.171. The summed E-state index contributed by atoms with van der Waals surface area (Å²) in [7, 11) is 0. The number of aryl methyl sites for hydroxylation is 1. The van der Waals surface area contributed by atoms with Crippen molar-refractivity contribution < 1.29 is 4.79 Å². The largest absolute Gasteiger partial charge is 0.352 e. The fourth-order valence-corrected chi connectivity index (χ4v) is 3.44. The third kappa shape index (κ3) is 3.98. The number of carbonyl (C=O) groups is 1. The molecule has 1 aliphatic carbocycles. The van der Waals surface area contributed by atoms with E-state index in [1.165, 1.54) is 17.3 Å². The van der Waals surface area contributed by atoms with Crippen LogP contribution in [0, 0.1) is 6.92 Å². The Hall–Kier alpha value is -1.82. The Bertz CT molecular complexity index is 724. The maximum absolute atomic E-state index is 12.2. The molecule has 1 aromatic carbocycles. The molecule has 0 radical (unpaired) electrons. The van der Waals surface area contributed by atoms with Crippen molar-refractivity contribution in [1.82, 2.24) is 20.1 Å². The van der Waals surface area contributed by atoms with Crippen molar-refractivity contribution in [2.24, 2.45) is 0 Å². The highest BCUT2D eigenvalue weighted by Crippen LogP contribution is 2.28. The van der Waals surface area contributed by atoms with E-state index < -0.39 is 0 Å². The second-order valence-corrected chi connectivity index (χ2v) is 7.68. The van der Waals surface area contributed by atoms with Gasteiger partial charge >= 0.3 is 0 Å². The molecule has 2 aromatic rings. The number of rotatable bonds is 7. The van der Waals surface area contributed by atoms with Gasteiger partial charge in [0.1, 0.15) is 0 Å². The number of nitrogens with zero attached hydrogens (tertiary/aromatic N) is 3. The molecule has 128 valence electrons. The summed E-state index contributed by atoms with van der Waals surface area (Å²) in [5, 5.41) is 12.4. The fraction of sp³-hybridized carbons (Fsp3) is 0.500. The Labute approximate surface area is 147 Å². The van der Waals surface area contributed by atoms with Crippen molar-refractivity contribution in [2.75, 3.05) is 0 Å². The van der Waals surface area contributed by atoms with E-state index in [0.717, 1.165) is 42.4 Å². The molecule has 0 saturated heterocycles. The van der Waals surface area contributed by atoms with Crippen LogP contribution >= 0.6 is 11.8 Å². The summed E-state index contributed by atoms with van der Waals surface area (Å²) in [6.07, 6.45) is 3.20. The van der Waals surface area contributed by atoms with Crippen LogP contribution in [0.2, 0.25) is 0 Å². The quantitative estimate of drug-likeness (QED) is 0.782. The Morgan fingerprint density at radius 2 is 2.21 bits per heavy atom. The first-order chi connectivity index (χ1) is 11.6. The first-order valence-electron chi connectivity index (χ1n) is 8.55. The van der Waals surface area contributed by atoms with E-state index in [2.05, 4.69) is 52.1 Å². The lowest BCUT2D eigenvalue weighted by Gasteiger charge is -2.13. The number of aromatic nitrogens is 3. The number of amides is 1. The molecule has 1 atom stereocenters. The van der Waals surface area contributed by atoms with Gasteiger partial charge in [-0.3, -0.25) is 4.79 Å². The SMILES string of the molecule is CCCn1c(S[C@H](C)C(=O)NC2CC2)nnc1-c1cccc(C)c1. The molecule has 0 spiro atoms. The smallest absolute Gasteiger partial charge is 0.233 e. The minimum Gasteiger partial charge on any atom is -0.352 e. The number of thioether (sulfide) groups is 1. The molecule has 3 rings (SSSR count). The van der Waals surface area contributed by atoms with Gasteiger partial charge in [0.15, 0.2) is 11.0 Å². The highest BCUT2D eigenvalue weighted by Gasteiger charge is 2.27. The summed E-state index contributed by atoms with van der Waals surface area (Å²) in [6, 6.07) is 8.67. The first kappa shape index (κ1) is 17.0. The Morgan fingerprint density at radius 3 is 2.88 bits per heavy atom. The third-order valence-corrected chi connectivity index (χ3v) is 5.10. The molecule has 24 heavy (non-hydrogen) atoms. The van der Waals surface area contributed by atoms with Gasteiger partial charge in [-0.2, -0.15) is 0 Å². The van der Waals surface area contributed by atoms with Gasteiger partial charge in [-0.05, 0) is 39.2 Å². The molecule has 1 fully saturated rings. The second kappa shape index (κ2) is 7.38. The van der Waals surface area contributed by atoms with E-state index in [0.29, 0.717) is 6.04 Å². The van der Waals surface area contributed by atoms with Gasteiger partial charge in [-0.25, -0.2) is 0 Å². The summed E-state index contributed by atoms with van der Waals surface area (Å²) in [6.45, 7) is 6.98. The number of hydrogen-bond acceptors (Lipinski definition) is 4. The first-order valence-corrected chi connectivity index (χ1v) is 9.43. The van der Waals surface area contributed by atoms with Crippen molar-refractivity contribution in [3.05, 3.63) is 29.8 Å². The zero-order chi connectivity index (χ0) is 17.1. The maximum Gasteiger partial charge on any atom is 0.233 e. The topological polar surface area (TPSA) is 59.8 Å². The lowest BCUT2D eigenvalue weighted by atomic mass is 10.1. The van der Waals surface area contributed by atoms with Crippen molar-refractivity contribution in [3.63, 3.8) is 0 Å². The summed E-state index contributed by atoms with van der Waals surface area (Å²) in [5.41, 5.74) is 2.27. The lowest BCUT2D eigenvalue weighted by molar-refractivity contribution is -0.120. The summed E-state index contributed by atoms with van der Waals surface area (Å²) < 4.78 is 2.13. The van der Waals surface area contributed by atoms with Gasteiger partial charge < -0.3 is 9.88 Å². The Kier molecular flexibility index (Phi) is 5.23. The highest BCUT2D eigenvalue weighted by atomic mass is 32.2. The van der Waals surface area contributed by atoms with Gasteiger partial charge in [0.05, 0.1) is 5.25 Å². The van der Waals surface area contributed by atoms with Gasteiger partial charge in [0, 0.05) is 18.2 Å². The molecule has 6 heteroatoms. The predicted octanol–water partition coefficient (Wildman–Crippen LogP) is 3.42. The van der Waals surface area contributed by atoms with E-state index in [1.807, 2.05) is 13.0 Å². The molecule has 1 aliphatic rings. The number of hydrogen-bond donors (Lipinski definition) is 1. The number of benzene rings is 1. The van der Waals surface area contributed by atoms with Crippen LogP contribution in [0.25, 0.3) is 11.4 Å². The van der Waals surface area contributed by atoms with Gasteiger partial charge in [0.25, 0.3) is 0 Å². The summed E-state index contributed by atoms with van der Waals surface area (Å²) >= 11 is 1.49. The molecule has 1 heterocycles. The molecule has 1 saturated carbocycles. The standard InChI is InChI=1S/C18H24N4OS/c1-4-10-22-16(14-7-5-6-12(2)11-14)20-21-18(22)24-13(3)17(23)19-15-8-9-15/h5-7,11,13,15H,4,8-10H2,1-3H3,(H,19,23)/t13-/m1/s1. The van der Waals surface area contributed by atoms with E-state index in [9.17, 15) is 4.79 Å². The van der Waals surface area contributed by atoms with E-state index in [-0.39, 0.29) is 11.2 Å². The predicted molar refractivity (Wildman–Crippen MR) is 97.0 cm³/mol. The van der Waals surface area contributed by atoms with Gasteiger partial charge in [0.2, 0.25) is 5.91 Å². The van der Waals surface area contributed by atoms with Crippen LogP contribution in [-0.2, 0) is 11.3 Å². The molecule has 1 amide bonds. The number of carbonyl (C=O) groups excluding carboxylic acids is 1. The summed E-state index contributed by atoms with van der Waals surface area (Å²) in [5.74, 6) is 0.962. The Morgan fingerprint density at radius 1 is 1.42 bits per heavy atom. The van der Waals surface area contributed by atoms with Gasteiger partial charge in [-0.1, -0.05) is 42.4 Å². The van der Waals surface area contributed by atoms with Crippen molar-refractivity contribution in [1.29, 1.82) is 0 Å². The molecule has 1 aromatic heterocycles. The normalized spacial score (nSPS) is 15.3. The molecule has 0 bridgehead atoms. The average molecular weight is 344 g/mol. The van der Waals surface area contributed by atoms with E-state index in [1.54, 1.807) is 0 Å². The minimum absolute atomic E-state index is 0.0886. The molecule has 1 N–H and O–H groups in total. The third-order valence-electron chi connectivity index (χ3n) is 4.02. The zero-order valence-corrected chi connectivity index (χ0v) is 15.3. The summed E-state index contributed by atoms with van der Waals surface area (Å²) in [4.78, 5) is 12.2. The van der Waals surface area contributed by atoms with Crippen LogP contribution in [0.4, 0.5) is 0 Å². The zero-order valence-electron chi connectivity index (χ0n) is 14.5. The maximum atomic E-state index is 12.2. The lowest BCUT2D eigenvalue weighted by Crippen LogP contribution is -2.32. The average Bonchev–Trinajstić information content (AvgIpc) is 3.29. The van der Waals surface area contributed by atoms with Gasteiger partial charge in [-0.15, -0.1) is 10.2 Å². The fourth-order valence-electron chi connectivity index (χ4n) is 2.56. The molecular formula is C18H24N4OS. The number of nitrogens with one attached hydrogen (secondary N) is 1. The van der Waals surface area contributed by atoms with Crippen LogP contribution in [-0.4, -0.2) is 32.0 Å². The Balaban J connectivity index is 1.81. The van der Waals surface area contributed by atoms with Crippen molar-refractivity contribution in [2.45, 2.75) is 63.0 Å². The van der Waals surface area contributed by atoms with E-state index in [4.69, 9.17) is 0 Å². The van der Waals surface area contributed by atoms with Crippen LogP contribution in [0.3, 0.4) is 0 Å².